The van der Waals surface area contributed by atoms with Crippen LogP contribution >= 0.6 is 11.3 Å². The predicted octanol–water partition coefficient (Wildman–Crippen LogP) is 5.24. The molecule has 4 aromatic rings. The van der Waals surface area contributed by atoms with Gasteiger partial charge in [0.1, 0.15) is 12.7 Å². The topological polar surface area (TPSA) is 106 Å². The number of methoxy groups -OCH3 is 1. The summed E-state index contributed by atoms with van der Waals surface area (Å²) < 4.78 is 67.1. The molecule has 3 aromatic heterocycles. The minimum absolute atomic E-state index is 0.0273. The van der Waals surface area contributed by atoms with Crippen molar-refractivity contribution >= 4 is 33.8 Å². The fourth-order valence-corrected chi connectivity index (χ4v) is 5.69. The fourth-order valence-electron chi connectivity index (χ4n) is 4.69. The van der Waals surface area contributed by atoms with E-state index in [-0.39, 0.29) is 36.4 Å². The van der Waals surface area contributed by atoms with Crippen molar-refractivity contribution in [1.29, 1.82) is 0 Å². The zero-order valence-corrected chi connectivity index (χ0v) is 23.5. The first-order valence-electron chi connectivity index (χ1n) is 13.0. The SMILES string of the molecule is COC(C)(C)c1ccc(C(=O)NCc2nc(-c3cc4c(N[C@@H]5CCNC[C@@H]5F)cccc4n3CC(F)(F)F)no2)s1. The smallest absolute Gasteiger partial charge is 0.379 e. The molecule has 0 aliphatic carbocycles. The van der Waals surface area contributed by atoms with Gasteiger partial charge < -0.3 is 29.8 Å². The highest BCUT2D eigenvalue weighted by Gasteiger charge is 2.32. The quantitative estimate of drug-likeness (QED) is 0.228. The summed E-state index contributed by atoms with van der Waals surface area (Å²) in [6.07, 6.45) is -5.14. The monoisotopic (exact) mass is 594 g/mol. The second kappa shape index (κ2) is 11.4. The number of nitrogens with one attached hydrogen (secondary N) is 3. The van der Waals surface area contributed by atoms with Gasteiger partial charge in [0.2, 0.25) is 11.7 Å². The van der Waals surface area contributed by atoms with E-state index >= 15 is 0 Å². The molecule has 14 heteroatoms. The molecule has 41 heavy (non-hydrogen) atoms. The zero-order chi connectivity index (χ0) is 29.4. The standard InChI is InChI=1S/C27H30F4N6O3S/c1-26(2,39-3)22-8-7-21(41-22)25(38)33-13-23-35-24(36-40-23)20-11-15-17(34-18-9-10-32-12-16(18)28)5-4-6-19(15)37(20)14-27(29,30)31/h4-8,11,16,18,32,34H,9-10,12-14H2,1-3H3,(H,33,38)/t16-,18+/m0/s1. The van der Waals surface area contributed by atoms with E-state index in [9.17, 15) is 22.4 Å². The van der Waals surface area contributed by atoms with Gasteiger partial charge in [0.25, 0.3) is 5.91 Å². The number of hydrogen-bond donors (Lipinski definition) is 3. The summed E-state index contributed by atoms with van der Waals surface area (Å²) >= 11 is 1.29. The molecule has 1 aromatic carbocycles. The Morgan fingerprint density at radius 3 is 2.80 bits per heavy atom. The number of anilines is 1. The summed E-state index contributed by atoms with van der Waals surface area (Å²) in [5, 5.41) is 13.2. The van der Waals surface area contributed by atoms with Crippen LogP contribution in [0.5, 0.6) is 0 Å². The number of fused-ring (bicyclic) bond motifs is 1. The molecule has 1 saturated heterocycles. The van der Waals surface area contributed by atoms with E-state index in [1.54, 1.807) is 31.4 Å². The van der Waals surface area contributed by atoms with Crippen molar-refractivity contribution in [3.63, 3.8) is 0 Å². The third-order valence-electron chi connectivity index (χ3n) is 7.06. The average Bonchev–Trinajstić information content (AvgIpc) is 3.68. The number of thiophene rings is 1. The molecule has 0 radical (unpaired) electrons. The van der Waals surface area contributed by atoms with Crippen LogP contribution in [0.15, 0.2) is 40.9 Å². The third-order valence-corrected chi connectivity index (χ3v) is 8.45. The number of hydrogen-bond acceptors (Lipinski definition) is 8. The van der Waals surface area contributed by atoms with E-state index in [0.717, 1.165) is 9.44 Å². The summed E-state index contributed by atoms with van der Waals surface area (Å²) in [6.45, 7) is 3.22. The number of aromatic nitrogens is 3. The van der Waals surface area contributed by atoms with E-state index in [2.05, 4.69) is 26.1 Å². The minimum Gasteiger partial charge on any atom is -0.379 e. The lowest BCUT2D eigenvalue weighted by Gasteiger charge is -2.28. The molecule has 3 N–H and O–H groups in total. The van der Waals surface area contributed by atoms with Gasteiger partial charge in [-0.2, -0.15) is 18.2 Å². The Morgan fingerprint density at radius 1 is 1.27 bits per heavy atom. The molecular formula is C27H30F4N6O3S. The summed E-state index contributed by atoms with van der Waals surface area (Å²) in [7, 11) is 1.59. The van der Waals surface area contributed by atoms with E-state index in [4.69, 9.17) is 9.26 Å². The van der Waals surface area contributed by atoms with Gasteiger partial charge in [0.15, 0.2) is 0 Å². The van der Waals surface area contributed by atoms with Crippen molar-refractivity contribution in [3.05, 3.63) is 52.0 Å². The Morgan fingerprint density at radius 2 is 2.07 bits per heavy atom. The van der Waals surface area contributed by atoms with Gasteiger partial charge in [-0.3, -0.25) is 4.79 Å². The van der Waals surface area contributed by atoms with Crippen LogP contribution in [0.4, 0.5) is 23.2 Å². The van der Waals surface area contributed by atoms with E-state index in [1.807, 2.05) is 19.9 Å². The maximum Gasteiger partial charge on any atom is 0.406 e. The second-order valence-electron chi connectivity index (χ2n) is 10.3. The molecule has 4 heterocycles. The van der Waals surface area contributed by atoms with Gasteiger partial charge in [0, 0.05) is 29.6 Å². The number of alkyl halides is 4. The van der Waals surface area contributed by atoms with Crippen LogP contribution in [0.1, 0.15) is 40.7 Å². The Kier molecular flexibility index (Phi) is 8.08. The van der Waals surface area contributed by atoms with Gasteiger partial charge >= 0.3 is 6.18 Å². The van der Waals surface area contributed by atoms with Crippen molar-refractivity contribution in [2.75, 3.05) is 25.5 Å². The number of halogens is 4. The molecule has 2 atom stereocenters. The van der Waals surface area contributed by atoms with Gasteiger partial charge in [0.05, 0.1) is 34.3 Å². The van der Waals surface area contributed by atoms with Crippen LogP contribution in [0.25, 0.3) is 22.4 Å². The number of rotatable bonds is 9. The van der Waals surface area contributed by atoms with Crippen LogP contribution in [-0.4, -0.2) is 59.2 Å². The minimum atomic E-state index is -4.53. The Balaban J connectivity index is 1.39. The lowest BCUT2D eigenvalue weighted by molar-refractivity contribution is -0.139. The molecule has 0 spiro atoms. The molecule has 0 bridgehead atoms. The van der Waals surface area contributed by atoms with E-state index in [1.165, 1.54) is 17.4 Å². The number of benzene rings is 1. The highest BCUT2D eigenvalue weighted by atomic mass is 32.1. The molecule has 0 saturated carbocycles. The fraction of sp³-hybridized carbons (Fsp3) is 0.444. The number of nitrogens with zero attached hydrogens (tertiary/aromatic N) is 3. The molecular weight excluding hydrogens is 564 g/mol. The van der Waals surface area contributed by atoms with Gasteiger partial charge in [-0.25, -0.2) is 4.39 Å². The first-order chi connectivity index (χ1) is 19.4. The van der Waals surface area contributed by atoms with Crippen molar-refractivity contribution in [2.24, 2.45) is 0 Å². The van der Waals surface area contributed by atoms with Crippen molar-refractivity contribution in [1.82, 2.24) is 25.3 Å². The highest BCUT2D eigenvalue weighted by Crippen LogP contribution is 2.35. The molecule has 9 nitrogen and oxygen atoms in total. The Hall–Kier alpha value is -3.49. The average molecular weight is 595 g/mol. The number of piperidine rings is 1. The van der Waals surface area contributed by atoms with Gasteiger partial charge in [-0.05, 0) is 57.1 Å². The summed E-state index contributed by atoms with van der Waals surface area (Å²) in [5.41, 5.74) is 0.344. The largest absolute Gasteiger partial charge is 0.406 e. The van der Waals surface area contributed by atoms with Crippen molar-refractivity contribution in [2.45, 2.75) is 57.3 Å². The van der Waals surface area contributed by atoms with Crippen LogP contribution in [0.2, 0.25) is 0 Å². The molecule has 1 aliphatic heterocycles. The first-order valence-corrected chi connectivity index (χ1v) is 13.8. The second-order valence-corrected chi connectivity index (χ2v) is 11.4. The lowest BCUT2D eigenvalue weighted by atomic mass is 10.0. The number of ether oxygens (including phenoxy) is 1. The molecule has 1 aliphatic rings. The van der Waals surface area contributed by atoms with Crippen molar-refractivity contribution in [3.8, 4) is 11.5 Å². The normalized spacial score (nSPS) is 18.1. The Bertz CT molecular complexity index is 1530. The highest BCUT2D eigenvalue weighted by molar-refractivity contribution is 7.14. The van der Waals surface area contributed by atoms with Gasteiger partial charge in [-0.1, -0.05) is 11.2 Å². The summed E-state index contributed by atoms with van der Waals surface area (Å²) in [6, 6.07) is 9.45. The lowest BCUT2D eigenvalue weighted by Crippen LogP contribution is -2.45. The predicted molar refractivity (Wildman–Crippen MR) is 147 cm³/mol. The number of carbonyl (C=O) groups excluding carboxylic acids is 1. The van der Waals surface area contributed by atoms with Crippen LogP contribution in [-0.2, 0) is 23.4 Å². The molecule has 220 valence electrons. The van der Waals surface area contributed by atoms with Crippen LogP contribution in [0.3, 0.4) is 0 Å². The molecule has 0 unspecified atom stereocenters. The molecule has 1 amide bonds. The van der Waals surface area contributed by atoms with Crippen LogP contribution < -0.4 is 16.0 Å². The van der Waals surface area contributed by atoms with Gasteiger partial charge in [-0.15, -0.1) is 11.3 Å². The zero-order valence-electron chi connectivity index (χ0n) is 22.6. The molecule has 5 rings (SSSR count). The number of amides is 1. The van der Waals surface area contributed by atoms with E-state index < -0.39 is 30.5 Å². The number of carbonyl (C=O) groups is 1. The first kappa shape index (κ1) is 29.0. The molecule has 1 fully saturated rings. The Labute approximate surface area is 237 Å². The van der Waals surface area contributed by atoms with E-state index in [0.29, 0.717) is 34.4 Å². The maximum absolute atomic E-state index is 14.5. The summed E-state index contributed by atoms with van der Waals surface area (Å²) in [4.78, 5) is 18.3. The third kappa shape index (κ3) is 6.39. The summed E-state index contributed by atoms with van der Waals surface area (Å²) in [5.74, 6) is -0.399. The van der Waals surface area contributed by atoms with Crippen LogP contribution in [0, 0.1) is 0 Å². The maximum atomic E-state index is 14.5. The van der Waals surface area contributed by atoms with Crippen molar-refractivity contribution < 1.29 is 31.6 Å².